The number of nitrogens with zero attached hydrogens (tertiary/aromatic N) is 3. The number of nitrogens with two attached hydrogens (primary N) is 1. The van der Waals surface area contributed by atoms with Crippen molar-refractivity contribution in [3.05, 3.63) is 40.8 Å². The Labute approximate surface area is 119 Å². The second-order valence-electron chi connectivity index (χ2n) is 4.39. The van der Waals surface area contributed by atoms with Crippen molar-refractivity contribution in [2.24, 2.45) is 0 Å². The highest BCUT2D eigenvalue weighted by Gasteiger charge is 2.14. The van der Waals surface area contributed by atoms with Crippen molar-refractivity contribution in [2.45, 2.75) is 19.9 Å². The molecule has 3 rings (SSSR count). The summed E-state index contributed by atoms with van der Waals surface area (Å²) < 4.78 is 20.6. The standard InChI is InChI=1S/C13H12ClFN4O/c1-2-7-5-17-12(20-7)6-19-11-3-8(14)9(15)4-10(11)18-13(19)16/h3-5H,2,6H2,1H3,(H2,16,18). The fourth-order valence-electron chi connectivity index (χ4n) is 2.02. The number of hydrogen-bond acceptors (Lipinski definition) is 4. The lowest BCUT2D eigenvalue weighted by Gasteiger charge is -2.03. The van der Waals surface area contributed by atoms with Crippen molar-refractivity contribution in [1.82, 2.24) is 14.5 Å². The van der Waals surface area contributed by atoms with Crippen LogP contribution in [-0.4, -0.2) is 14.5 Å². The third-order valence-electron chi connectivity index (χ3n) is 3.06. The molecule has 0 aliphatic rings. The Kier molecular flexibility index (Phi) is 3.10. The smallest absolute Gasteiger partial charge is 0.214 e. The first-order valence-electron chi connectivity index (χ1n) is 6.12. The summed E-state index contributed by atoms with van der Waals surface area (Å²) in [6.45, 7) is 2.30. The molecule has 2 aromatic heterocycles. The predicted octanol–water partition coefficient (Wildman–Crippen LogP) is 3.01. The van der Waals surface area contributed by atoms with Crippen molar-refractivity contribution >= 4 is 28.6 Å². The summed E-state index contributed by atoms with van der Waals surface area (Å²) in [6.07, 6.45) is 2.45. The number of benzene rings is 1. The minimum atomic E-state index is -0.520. The number of halogens is 2. The van der Waals surface area contributed by atoms with Gasteiger partial charge in [-0.1, -0.05) is 18.5 Å². The fraction of sp³-hybridized carbons (Fsp3) is 0.231. The van der Waals surface area contributed by atoms with E-state index in [0.29, 0.717) is 23.5 Å². The Morgan fingerprint density at radius 2 is 2.25 bits per heavy atom. The molecule has 0 bridgehead atoms. The number of nitrogen functional groups attached to an aromatic ring is 1. The van der Waals surface area contributed by atoms with Crippen LogP contribution in [-0.2, 0) is 13.0 Å². The van der Waals surface area contributed by atoms with Gasteiger partial charge in [-0.25, -0.2) is 14.4 Å². The topological polar surface area (TPSA) is 69.9 Å². The van der Waals surface area contributed by atoms with E-state index >= 15 is 0 Å². The summed E-state index contributed by atoms with van der Waals surface area (Å²) >= 11 is 5.80. The Bertz CT molecular complexity index is 780. The summed E-state index contributed by atoms with van der Waals surface area (Å²) in [5.41, 5.74) is 6.95. The SMILES string of the molecule is CCc1cnc(Cn2c(N)nc3cc(F)c(Cl)cc32)o1. The monoisotopic (exact) mass is 294 g/mol. The van der Waals surface area contributed by atoms with Crippen molar-refractivity contribution in [2.75, 3.05) is 5.73 Å². The van der Waals surface area contributed by atoms with Crippen LogP contribution in [0.2, 0.25) is 5.02 Å². The molecule has 0 amide bonds. The van der Waals surface area contributed by atoms with E-state index in [1.54, 1.807) is 10.8 Å². The molecule has 0 aliphatic heterocycles. The average molecular weight is 295 g/mol. The molecule has 0 spiro atoms. The van der Waals surface area contributed by atoms with E-state index in [1.807, 2.05) is 6.92 Å². The zero-order valence-electron chi connectivity index (χ0n) is 10.7. The number of imidazole rings is 1. The van der Waals surface area contributed by atoms with Crippen molar-refractivity contribution in [3.8, 4) is 0 Å². The van der Waals surface area contributed by atoms with Gasteiger partial charge in [-0.2, -0.15) is 0 Å². The number of aromatic nitrogens is 3. The molecule has 0 saturated heterocycles. The number of hydrogen-bond donors (Lipinski definition) is 1. The van der Waals surface area contributed by atoms with Gasteiger partial charge in [0.25, 0.3) is 0 Å². The van der Waals surface area contributed by atoms with Gasteiger partial charge in [-0.3, -0.25) is 0 Å². The van der Waals surface area contributed by atoms with E-state index in [0.717, 1.165) is 12.2 Å². The maximum Gasteiger partial charge on any atom is 0.214 e. The van der Waals surface area contributed by atoms with E-state index in [9.17, 15) is 4.39 Å². The van der Waals surface area contributed by atoms with E-state index in [4.69, 9.17) is 21.8 Å². The Hall–Kier alpha value is -2.08. The summed E-state index contributed by atoms with van der Waals surface area (Å²) in [4.78, 5) is 8.28. The Morgan fingerprint density at radius 3 is 2.95 bits per heavy atom. The highest BCUT2D eigenvalue weighted by atomic mass is 35.5. The normalized spacial score (nSPS) is 11.3. The first kappa shape index (κ1) is 12.9. The largest absolute Gasteiger partial charge is 0.444 e. The number of oxazole rings is 1. The van der Waals surface area contributed by atoms with Gasteiger partial charge in [0.1, 0.15) is 18.1 Å². The molecule has 0 atom stereocenters. The highest BCUT2D eigenvalue weighted by Crippen LogP contribution is 2.25. The number of rotatable bonds is 3. The van der Waals surface area contributed by atoms with E-state index in [1.165, 1.54) is 12.1 Å². The van der Waals surface area contributed by atoms with Gasteiger partial charge in [0.2, 0.25) is 11.8 Å². The molecule has 0 aliphatic carbocycles. The molecule has 0 saturated carbocycles. The molecular formula is C13H12ClFN4O. The first-order valence-corrected chi connectivity index (χ1v) is 6.50. The molecule has 104 valence electrons. The van der Waals surface area contributed by atoms with Gasteiger partial charge in [0, 0.05) is 12.5 Å². The lowest BCUT2D eigenvalue weighted by Crippen LogP contribution is -2.04. The second kappa shape index (κ2) is 4.79. The van der Waals surface area contributed by atoms with Crippen molar-refractivity contribution in [3.63, 3.8) is 0 Å². The molecule has 0 fully saturated rings. The maximum atomic E-state index is 13.4. The van der Waals surface area contributed by atoms with Crippen LogP contribution in [0.25, 0.3) is 11.0 Å². The molecule has 1 aromatic carbocycles. The van der Waals surface area contributed by atoms with Crippen LogP contribution in [0.15, 0.2) is 22.7 Å². The van der Waals surface area contributed by atoms with Crippen LogP contribution in [0, 0.1) is 5.82 Å². The summed E-state index contributed by atoms with van der Waals surface area (Å²) in [5.74, 6) is 1.06. The molecule has 3 aromatic rings. The zero-order chi connectivity index (χ0) is 14.3. The minimum absolute atomic E-state index is 0.0281. The van der Waals surface area contributed by atoms with Crippen LogP contribution in [0.4, 0.5) is 10.3 Å². The lowest BCUT2D eigenvalue weighted by molar-refractivity contribution is 0.449. The van der Waals surface area contributed by atoms with Crippen LogP contribution in [0.1, 0.15) is 18.6 Å². The van der Waals surface area contributed by atoms with E-state index < -0.39 is 5.82 Å². The minimum Gasteiger partial charge on any atom is -0.444 e. The maximum absolute atomic E-state index is 13.4. The molecule has 7 heteroatoms. The average Bonchev–Trinajstić information content (AvgIpc) is 2.98. The van der Waals surface area contributed by atoms with Crippen LogP contribution >= 0.6 is 11.6 Å². The van der Waals surface area contributed by atoms with Crippen LogP contribution in [0.5, 0.6) is 0 Å². The summed E-state index contributed by atoms with van der Waals surface area (Å²) in [7, 11) is 0. The van der Waals surface area contributed by atoms with Crippen molar-refractivity contribution < 1.29 is 8.81 Å². The second-order valence-corrected chi connectivity index (χ2v) is 4.79. The van der Waals surface area contributed by atoms with Gasteiger partial charge in [0.05, 0.1) is 22.3 Å². The summed E-state index contributed by atoms with van der Waals surface area (Å²) in [6, 6.07) is 2.76. The quantitative estimate of drug-likeness (QED) is 0.806. The third-order valence-corrected chi connectivity index (χ3v) is 3.35. The number of aryl methyl sites for hydroxylation is 1. The Balaban J connectivity index is 2.06. The van der Waals surface area contributed by atoms with Crippen LogP contribution < -0.4 is 5.73 Å². The molecule has 0 radical (unpaired) electrons. The Morgan fingerprint density at radius 1 is 1.45 bits per heavy atom. The first-order chi connectivity index (χ1) is 9.58. The molecule has 0 unspecified atom stereocenters. The van der Waals surface area contributed by atoms with Gasteiger partial charge < -0.3 is 14.7 Å². The fourth-order valence-corrected chi connectivity index (χ4v) is 2.18. The third kappa shape index (κ3) is 2.12. The van der Waals surface area contributed by atoms with E-state index in [-0.39, 0.29) is 11.0 Å². The molecular weight excluding hydrogens is 283 g/mol. The predicted molar refractivity (Wildman–Crippen MR) is 74.1 cm³/mol. The number of fused-ring (bicyclic) bond motifs is 1. The lowest BCUT2D eigenvalue weighted by atomic mass is 10.3. The van der Waals surface area contributed by atoms with Gasteiger partial charge in [-0.15, -0.1) is 0 Å². The van der Waals surface area contributed by atoms with Crippen molar-refractivity contribution in [1.29, 1.82) is 0 Å². The molecule has 5 nitrogen and oxygen atoms in total. The molecule has 2 heterocycles. The van der Waals surface area contributed by atoms with E-state index in [2.05, 4.69) is 9.97 Å². The molecule has 20 heavy (non-hydrogen) atoms. The summed E-state index contributed by atoms with van der Waals surface area (Å²) in [5, 5.41) is 0.0281. The van der Waals surface area contributed by atoms with Gasteiger partial charge in [-0.05, 0) is 6.07 Å². The highest BCUT2D eigenvalue weighted by molar-refractivity contribution is 6.31. The van der Waals surface area contributed by atoms with Gasteiger partial charge >= 0.3 is 0 Å². The van der Waals surface area contributed by atoms with Gasteiger partial charge in [0.15, 0.2) is 0 Å². The molecule has 2 N–H and O–H groups in total. The zero-order valence-corrected chi connectivity index (χ0v) is 11.5. The van der Waals surface area contributed by atoms with Crippen LogP contribution in [0.3, 0.4) is 0 Å². The number of anilines is 1.